The minimum atomic E-state index is 0.333. The lowest BCUT2D eigenvalue weighted by molar-refractivity contribution is -0.140. The first-order valence-corrected chi connectivity index (χ1v) is 8.68. The molecule has 0 radical (unpaired) electrons. The summed E-state index contributed by atoms with van der Waals surface area (Å²) in [5.74, 6) is 3.16. The first-order chi connectivity index (χ1) is 8.25. The third-order valence-electron chi connectivity index (χ3n) is 4.26. The van der Waals surface area contributed by atoms with E-state index < -0.39 is 0 Å². The van der Waals surface area contributed by atoms with Crippen molar-refractivity contribution in [1.82, 2.24) is 8.01 Å². The van der Waals surface area contributed by atoms with E-state index in [2.05, 4.69) is 30.9 Å². The number of halogens is 1. The number of carbonyl (C=O) groups excluding carboxylic acids is 1. The molecule has 0 aromatic carbocycles. The molecule has 96 valence electrons. The molecule has 3 aliphatic rings. The van der Waals surface area contributed by atoms with Crippen molar-refractivity contribution in [3.8, 4) is 0 Å². The average molecular weight is 366 g/mol. The first-order valence-electron chi connectivity index (χ1n) is 6.56. The standard InChI is InChI=1S/C12H19IN2OS/c13-14-7-10-1-2-11(8-14)15(10)12(16)9-3-5-17-6-4-9/h9-11H,1-8H2. The highest BCUT2D eigenvalue weighted by Gasteiger charge is 2.43. The average Bonchev–Trinajstić information content (AvgIpc) is 2.62. The second-order valence-electron chi connectivity index (χ2n) is 5.34. The zero-order chi connectivity index (χ0) is 11.8. The van der Waals surface area contributed by atoms with Crippen LogP contribution in [0.3, 0.4) is 0 Å². The maximum atomic E-state index is 12.6. The molecule has 0 aromatic heterocycles. The Bertz CT molecular complexity index is 295. The van der Waals surface area contributed by atoms with Gasteiger partial charge in [-0.2, -0.15) is 11.8 Å². The summed E-state index contributed by atoms with van der Waals surface area (Å²) in [6.45, 7) is 2.15. The molecule has 3 heterocycles. The van der Waals surface area contributed by atoms with Gasteiger partial charge in [-0.3, -0.25) is 4.79 Å². The zero-order valence-corrected chi connectivity index (χ0v) is 13.0. The van der Waals surface area contributed by atoms with Crippen molar-refractivity contribution in [1.29, 1.82) is 0 Å². The summed E-state index contributed by atoms with van der Waals surface area (Å²) in [4.78, 5) is 14.9. The van der Waals surface area contributed by atoms with Crippen LogP contribution in [0.5, 0.6) is 0 Å². The fourth-order valence-electron chi connectivity index (χ4n) is 3.37. The molecular formula is C12H19IN2OS. The fraction of sp³-hybridized carbons (Fsp3) is 0.917. The molecule has 2 atom stereocenters. The minimum absolute atomic E-state index is 0.333. The predicted octanol–water partition coefficient (Wildman–Crippen LogP) is 2.15. The van der Waals surface area contributed by atoms with Crippen molar-refractivity contribution in [2.75, 3.05) is 24.6 Å². The van der Waals surface area contributed by atoms with Crippen molar-refractivity contribution < 1.29 is 4.79 Å². The van der Waals surface area contributed by atoms with Crippen LogP contribution in [-0.2, 0) is 4.79 Å². The normalized spacial score (nSPS) is 35.2. The summed E-state index contributed by atoms with van der Waals surface area (Å²) in [5, 5.41) is 0. The third-order valence-corrected chi connectivity index (χ3v) is 6.10. The second-order valence-corrected chi connectivity index (χ2v) is 7.93. The van der Waals surface area contributed by atoms with Gasteiger partial charge in [0, 0.05) is 54.0 Å². The van der Waals surface area contributed by atoms with Gasteiger partial charge in [0.15, 0.2) is 0 Å². The van der Waals surface area contributed by atoms with Crippen LogP contribution in [0.25, 0.3) is 0 Å². The molecule has 3 aliphatic heterocycles. The Kier molecular flexibility index (Phi) is 3.87. The molecular weight excluding hydrogens is 347 g/mol. The number of rotatable bonds is 1. The first kappa shape index (κ1) is 12.5. The Balaban J connectivity index is 1.69. The van der Waals surface area contributed by atoms with Crippen LogP contribution in [0.4, 0.5) is 0 Å². The van der Waals surface area contributed by atoms with Gasteiger partial charge in [0.05, 0.1) is 0 Å². The smallest absolute Gasteiger partial charge is 0.226 e. The van der Waals surface area contributed by atoms with E-state index in [1.165, 1.54) is 24.3 Å². The van der Waals surface area contributed by atoms with Gasteiger partial charge in [0.2, 0.25) is 5.91 Å². The topological polar surface area (TPSA) is 23.6 Å². The summed E-state index contributed by atoms with van der Waals surface area (Å²) in [6.07, 6.45) is 4.65. The summed E-state index contributed by atoms with van der Waals surface area (Å²) in [7, 11) is 0. The molecule has 3 rings (SSSR count). The van der Waals surface area contributed by atoms with E-state index in [4.69, 9.17) is 0 Å². The van der Waals surface area contributed by atoms with Gasteiger partial charge in [0.1, 0.15) is 0 Å². The van der Waals surface area contributed by atoms with Gasteiger partial charge in [0.25, 0.3) is 0 Å². The molecule has 0 aromatic rings. The lowest BCUT2D eigenvalue weighted by atomic mass is 9.99. The SMILES string of the molecule is O=C(C1CCSCC1)N1C2CCC1CN(I)C2. The third kappa shape index (κ3) is 2.47. The molecule has 0 aliphatic carbocycles. The Morgan fingerprint density at radius 1 is 1.06 bits per heavy atom. The Morgan fingerprint density at radius 2 is 1.65 bits per heavy atom. The van der Waals surface area contributed by atoms with Gasteiger partial charge in [-0.15, -0.1) is 0 Å². The molecule has 1 amide bonds. The van der Waals surface area contributed by atoms with Crippen LogP contribution in [0.15, 0.2) is 0 Å². The molecule has 3 nitrogen and oxygen atoms in total. The van der Waals surface area contributed by atoms with E-state index in [-0.39, 0.29) is 0 Å². The minimum Gasteiger partial charge on any atom is -0.334 e. The summed E-state index contributed by atoms with van der Waals surface area (Å²) < 4.78 is 2.36. The van der Waals surface area contributed by atoms with Gasteiger partial charge in [-0.1, -0.05) is 0 Å². The summed E-state index contributed by atoms with van der Waals surface area (Å²) >= 11 is 4.41. The van der Waals surface area contributed by atoms with E-state index in [1.54, 1.807) is 0 Å². The quantitative estimate of drug-likeness (QED) is 0.525. The number of hydrogen-bond donors (Lipinski definition) is 0. The summed E-state index contributed by atoms with van der Waals surface area (Å²) in [6, 6.07) is 1.01. The van der Waals surface area contributed by atoms with Crippen LogP contribution >= 0.6 is 34.6 Å². The van der Waals surface area contributed by atoms with Crippen LogP contribution in [0.1, 0.15) is 25.7 Å². The lowest BCUT2D eigenvalue weighted by Crippen LogP contribution is -2.55. The number of carbonyl (C=O) groups is 1. The largest absolute Gasteiger partial charge is 0.334 e. The van der Waals surface area contributed by atoms with Crippen LogP contribution in [0, 0.1) is 5.92 Å². The maximum absolute atomic E-state index is 12.6. The van der Waals surface area contributed by atoms with Crippen LogP contribution in [-0.4, -0.2) is 50.6 Å². The van der Waals surface area contributed by atoms with Crippen molar-refractivity contribution >= 4 is 40.5 Å². The molecule has 3 fully saturated rings. The van der Waals surface area contributed by atoms with Gasteiger partial charge < -0.3 is 4.90 Å². The van der Waals surface area contributed by atoms with E-state index in [9.17, 15) is 4.79 Å². The molecule has 0 spiro atoms. The highest BCUT2D eigenvalue weighted by atomic mass is 127. The molecule has 0 N–H and O–H groups in total. The summed E-state index contributed by atoms with van der Waals surface area (Å²) in [5.41, 5.74) is 0. The maximum Gasteiger partial charge on any atom is 0.226 e. The molecule has 2 unspecified atom stereocenters. The highest BCUT2D eigenvalue weighted by molar-refractivity contribution is 14.1. The Morgan fingerprint density at radius 3 is 2.24 bits per heavy atom. The van der Waals surface area contributed by atoms with E-state index in [1.807, 2.05) is 11.8 Å². The van der Waals surface area contributed by atoms with Crippen LogP contribution in [0.2, 0.25) is 0 Å². The fourth-order valence-corrected chi connectivity index (χ4v) is 5.38. The number of amides is 1. The molecule has 2 bridgehead atoms. The van der Waals surface area contributed by atoms with Gasteiger partial charge >= 0.3 is 0 Å². The van der Waals surface area contributed by atoms with E-state index in [0.717, 1.165) is 25.9 Å². The second kappa shape index (κ2) is 5.25. The van der Waals surface area contributed by atoms with E-state index in [0.29, 0.717) is 23.9 Å². The molecule has 0 saturated carbocycles. The van der Waals surface area contributed by atoms with Crippen molar-refractivity contribution in [3.63, 3.8) is 0 Å². The number of piperazine rings is 1. The molecule has 5 heteroatoms. The Labute approximate surface area is 121 Å². The van der Waals surface area contributed by atoms with Gasteiger partial charge in [-0.25, -0.2) is 3.11 Å². The lowest BCUT2D eigenvalue weighted by Gasteiger charge is -2.40. The predicted molar refractivity (Wildman–Crippen MR) is 79.3 cm³/mol. The number of hydrogen-bond acceptors (Lipinski definition) is 3. The van der Waals surface area contributed by atoms with Crippen molar-refractivity contribution in [2.24, 2.45) is 5.92 Å². The van der Waals surface area contributed by atoms with Crippen molar-refractivity contribution in [3.05, 3.63) is 0 Å². The zero-order valence-electron chi connectivity index (χ0n) is 9.98. The van der Waals surface area contributed by atoms with Gasteiger partial charge in [-0.05, 0) is 37.2 Å². The number of thioether (sulfide) groups is 1. The van der Waals surface area contributed by atoms with Crippen molar-refractivity contribution in [2.45, 2.75) is 37.8 Å². The Hall–Kier alpha value is 0.510. The highest BCUT2D eigenvalue weighted by Crippen LogP contribution is 2.35. The number of fused-ring (bicyclic) bond motifs is 2. The van der Waals surface area contributed by atoms with Crippen LogP contribution < -0.4 is 0 Å². The monoisotopic (exact) mass is 366 g/mol. The molecule has 17 heavy (non-hydrogen) atoms. The molecule has 3 saturated heterocycles. The number of nitrogens with zero attached hydrogens (tertiary/aromatic N) is 2. The van der Waals surface area contributed by atoms with E-state index >= 15 is 0 Å².